The van der Waals surface area contributed by atoms with Crippen LogP contribution in [0.25, 0.3) is 0 Å². The summed E-state index contributed by atoms with van der Waals surface area (Å²) in [6, 6.07) is 6.38. The Bertz CT molecular complexity index is 626. The molecule has 2 saturated heterocycles. The van der Waals surface area contributed by atoms with Crippen LogP contribution in [0.1, 0.15) is 43.7 Å². The van der Waals surface area contributed by atoms with Gasteiger partial charge in [-0.15, -0.1) is 0 Å². The molecule has 124 valence electrons. The summed E-state index contributed by atoms with van der Waals surface area (Å²) in [7, 11) is 0. The van der Waals surface area contributed by atoms with Gasteiger partial charge < -0.3 is 9.80 Å². The molecule has 0 bridgehead atoms. The standard InChI is InChI=1S/C19H26N2O2/c1-13-7-8-17(10-14(13)2)21-12-16(11-18(21)22)19(23)20-9-5-4-6-15(20)3/h7-8,10,15-16H,4-6,9,11-12H2,1-3H3/t15-,16-/m1/s1. The molecule has 3 rings (SSSR count). The lowest BCUT2D eigenvalue weighted by Crippen LogP contribution is -2.45. The van der Waals surface area contributed by atoms with Gasteiger partial charge in [0.1, 0.15) is 0 Å². The summed E-state index contributed by atoms with van der Waals surface area (Å²) in [5.41, 5.74) is 3.31. The molecule has 4 nitrogen and oxygen atoms in total. The van der Waals surface area contributed by atoms with Gasteiger partial charge in [0.15, 0.2) is 0 Å². The van der Waals surface area contributed by atoms with E-state index in [1.807, 2.05) is 23.1 Å². The number of amides is 2. The zero-order valence-electron chi connectivity index (χ0n) is 14.3. The minimum Gasteiger partial charge on any atom is -0.340 e. The van der Waals surface area contributed by atoms with Gasteiger partial charge in [-0.2, -0.15) is 0 Å². The molecule has 1 aromatic rings. The van der Waals surface area contributed by atoms with Gasteiger partial charge >= 0.3 is 0 Å². The van der Waals surface area contributed by atoms with Gasteiger partial charge in [0.2, 0.25) is 11.8 Å². The van der Waals surface area contributed by atoms with E-state index < -0.39 is 0 Å². The lowest BCUT2D eigenvalue weighted by molar-refractivity contribution is -0.139. The Labute approximate surface area is 138 Å². The van der Waals surface area contributed by atoms with Crippen molar-refractivity contribution in [2.24, 2.45) is 5.92 Å². The quantitative estimate of drug-likeness (QED) is 0.842. The molecule has 1 aromatic carbocycles. The van der Waals surface area contributed by atoms with Crippen LogP contribution in [0.2, 0.25) is 0 Å². The fourth-order valence-corrected chi connectivity index (χ4v) is 3.68. The summed E-state index contributed by atoms with van der Waals surface area (Å²) >= 11 is 0. The molecule has 0 saturated carbocycles. The third kappa shape index (κ3) is 3.12. The number of carbonyl (C=O) groups is 2. The second-order valence-corrected chi connectivity index (χ2v) is 7.05. The number of benzene rings is 1. The summed E-state index contributed by atoms with van der Waals surface area (Å²) < 4.78 is 0. The zero-order chi connectivity index (χ0) is 16.6. The molecule has 0 unspecified atom stereocenters. The highest BCUT2D eigenvalue weighted by atomic mass is 16.2. The number of rotatable bonds is 2. The molecule has 2 aliphatic heterocycles. The molecule has 4 heteroatoms. The van der Waals surface area contributed by atoms with Crippen LogP contribution in [0.3, 0.4) is 0 Å². The summed E-state index contributed by atoms with van der Waals surface area (Å²) in [5, 5.41) is 0. The smallest absolute Gasteiger partial charge is 0.228 e. The summed E-state index contributed by atoms with van der Waals surface area (Å²) in [4.78, 5) is 29.0. The Kier molecular flexibility index (Phi) is 4.42. The Hall–Kier alpha value is -1.84. The Balaban J connectivity index is 1.74. The van der Waals surface area contributed by atoms with Gasteiger partial charge in [-0.05, 0) is 63.3 Å². The van der Waals surface area contributed by atoms with Crippen molar-refractivity contribution in [2.45, 2.75) is 52.5 Å². The molecule has 0 aromatic heterocycles. The van der Waals surface area contributed by atoms with Crippen molar-refractivity contribution >= 4 is 17.5 Å². The maximum atomic E-state index is 12.8. The van der Waals surface area contributed by atoms with Crippen LogP contribution in [0.15, 0.2) is 18.2 Å². The van der Waals surface area contributed by atoms with Crippen molar-refractivity contribution in [3.63, 3.8) is 0 Å². The van der Waals surface area contributed by atoms with Gasteiger partial charge in [0.05, 0.1) is 5.92 Å². The van der Waals surface area contributed by atoms with Gasteiger partial charge in [-0.1, -0.05) is 6.07 Å². The van der Waals surface area contributed by atoms with Gasteiger partial charge in [-0.3, -0.25) is 9.59 Å². The Morgan fingerprint density at radius 3 is 2.65 bits per heavy atom. The van der Waals surface area contributed by atoms with Gasteiger partial charge in [-0.25, -0.2) is 0 Å². The van der Waals surface area contributed by atoms with Crippen LogP contribution in [-0.2, 0) is 9.59 Å². The van der Waals surface area contributed by atoms with Crippen LogP contribution in [0, 0.1) is 19.8 Å². The molecule has 0 radical (unpaired) electrons. The van der Waals surface area contributed by atoms with E-state index in [4.69, 9.17) is 0 Å². The third-order valence-corrected chi connectivity index (χ3v) is 5.36. The first-order chi connectivity index (χ1) is 11.0. The second-order valence-electron chi connectivity index (χ2n) is 7.05. The third-order valence-electron chi connectivity index (χ3n) is 5.36. The van der Waals surface area contributed by atoms with E-state index in [1.165, 1.54) is 17.5 Å². The highest BCUT2D eigenvalue weighted by Crippen LogP contribution is 2.29. The molecule has 0 N–H and O–H groups in total. The fraction of sp³-hybridized carbons (Fsp3) is 0.579. The van der Waals surface area contributed by atoms with Crippen LogP contribution in [0.5, 0.6) is 0 Å². The highest BCUT2D eigenvalue weighted by molar-refractivity contribution is 6.00. The molecule has 2 aliphatic rings. The van der Waals surface area contributed by atoms with Crippen molar-refractivity contribution < 1.29 is 9.59 Å². The number of carbonyl (C=O) groups excluding carboxylic acids is 2. The van der Waals surface area contributed by atoms with Crippen molar-refractivity contribution in [3.8, 4) is 0 Å². The molecule has 2 fully saturated rings. The number of hydrogen-bond acceptors (Lipinski definition) is 2. The largest absolute Gasteiger partial charge is 0.340 e. The summed E-state index contributed by atoms with van der Waals surface area (Å²) in [6.07, 6.45) is 3.70. The zero-order valence-corrected chi connectivity index (χ0v) is 14.3. The van der Waals surface area contributed by atoms with Crippen molar-refractivity contribution in [2.75, 3.05) is 18.0 Å². The lowest BCUT2D eigenvalue weighted by atomic mass is 9.99. The minimum absolute atomic E-state index is 0.0660. The Morgan fingerprint density at radius 1 is 1.17 bits per heavy atom. The van der Waals surface area contributed by atoms with E-state index in [0.717, 1.165) is 25.1 Å². The maximum Gasteiger partial charge on any atom is 0.228 e. The highest BCUT2D eigenvalue weighted by Gasteiger charge is 2.38. The van der Waals surface area contributed by atoms with E-state index in [1.54, 1.807) is 4.90 Å². The monoisotopic (exact) mass is 314 g/mol. The average Bonchev–Trinajstić information content (AvgIpc) is 2.92. The second kappa shape index (κ2) is 6.34. The van der Waals surface area contributed by atoms with Gasteiger partial charge in [0, 0.05) is 31.2 Å². The number of anilines is 1. The summed E-state index contributed by atoms with van der Waals surface area (Å²) in [6.45, 7) is 7.60. The maximum absolute atomic E-state index is 12.8. The van der Waals surface area contributed by atoms with E-state index in [0.29, 0.717) is 19.0 Å². The number of piperidine rings is 1. The number of hydrogen-bond donors (Lipinski definition) is 0. The predicted molar refractivity (Wildman–Crippen MR) is 91.4 cm³/mol. The predicted octanol–water partition coefficient (Wildman–Crippen LogP) is 3.06. The van der Waals surface area contributed by atoms with Crippen LogP contribution in [-0.4, -0.2) is 35.8 Å². The molecular formula is C19H26N2O2. The topological polar surface area (TPSA) is 40.6 Å². The first-order valence-electron chi connectivity index (χ1n) is 8.65. The van der Waals surface area contributed by atoms with Crippen LogP contribution in [0.4, 0.5) is 5.69 Å². The molecule has 23 heavy (non-hydrogen) atoms. The lowest BCUT2D eigenvalue weighted by Gasteiger charge is -2.35. The first kappa shape index (κ1) is 16.0. The van der Waals surface area contributed by atoms with E-state index in [9.17, 15) is 9.59 Å². The molecule has 2 heterocycles. The summed E-state index contributed by atoms with van der Waals surface area (Å²) in [5.74, 6) is 0.0396. The van der Waals surface area contributed by atoms with E-state index in [2.05, 4.69) is 20.8 Å². The van der Waals surface area contributed by atoms with E-state index >= 15 is 0 Å². The van der Waals surface area contributed by atoms with Crippen molar-refractivity contribution in [1.29, 1.82) is 0 Å². The Morgan fingerprint density at radius 2 is 1.96 bits per heavy atom. The molecular weight excluding hydrogens is 288 g/mol. The molecule has 0 spiro atoms. The number of aryl methyl sites for hydroxylation is 2. The van der Waals surface area contributed by atoms with Crippen molar-refractivity contribution in [1.82, 2.24) is 4.90 Å². The fourth-order valence-electron chi connectivity index (χ4n) is 3.68. The average molecular weight is 314 g/mol. The number of likely N-dealkylation sites (tertiary alicyclic amines) is 1. The van der Waals surface area contributed by atoms with E-state index in [-0.39, 0.29) is 17.7 Å². The van der Waals surface area contributed by atoms with Crippen molar-refractivity contribution in [3.05, 3.63) is 29.3 Å². The van der Waals surface area contributed by atoms with Gasteiger partial charge in [0.25, 0.3) is 0 Å². The SMILES string of the molecule is Cc1ccc(N2C[C@H](C(=O)N3CCCC[C@H]3C)CC2=O)cc1C. The first-order valence-corrected chi connectivity index (χ1v) is 8.65. The molecule has 2 amide bonds. The molecule has 2 atom stereocenters. The number of nitrogens with zero attached hydrogens (tertiary/aromatic N) is 2. The minimum atomic E-state index is -0.190. The molecule has 0 aliphatic carbocycles. The normalized spacial score (nSPS) is 25.1. The van der Waals surface area contributed by atoms with Crippen LogP contribution >= 0.6 is 0 Å². The van der Waals surface area contributed by atoms with Crippen LogP contribution < -0.4 is 4.90 Å².